The van der Waals surface area contributed by atoms with E-state index in [-0.39, 0.29) is 6.42 Å². The van der Waals surface area contributed by atoms with Crippen LogP contribution in [0.1, 0.15) is 18.0 Å². The number of hydrogen-bond donors (Lipinski definition) is 2. The minimum absolute atomic E-state index is 0.145. The van der Waals surface area contributed by atoms with Crippen LogP contribution >= 0.6 is 0 Å². The molecule has 0 aliphatic carbocycles. The van der Waals surface area contributed by atoms with Gasteiger partial charge in [-0.1, -0.05) is 30.3 Å². The lowest BCUT2D eigenvalue weighted by molar-refractivity contribution is -0.235. The minimum Gasteiger partial charge on any atom is -0.478 e. The fourth-order valence-electron chi connectivity index (χ4n) is 2.82. The van der Waals surface area contributed by atoms with Crippen LogP contribution in [-0.2, 0) is 15.4 Å². The molecule has 1 aliphatic rings. The number of halogens is 1. The standard InChI is InChI=1S/C15H14FN3O5/c1-18-11(9-5-3-2-4-6-9)7-15(24-18,13(21)22)19-8-10(16)12(20)17-14(19)23/h2-6,8,11H,7H2,1H3,(H,21,22)(H,17,20,23)/t11-,15-/m0/s1. The summed E-state index contributed by atoms with van der Waals surface area (Å²) in [4.78, 5) is 42.3. The van der Waals surface area contributed by atoms with Gasteiger partial charge in [0.15, 0.2) is 0 Å². The maximum absolute atomic E-state index is 13.6. The second-order valence-electron chi connectivity index (χ2n) is 5.46. The largest absolute Gasteiger partial charge is 0.478 e. The second kappa shape index (κ2) is 5.69. The zero-order valence-corrected chi connectivity index (χ0v) is 12.6. The Morgan fingerprint density at radius 2 is 2.04 bits per heavy atom. The van der Waals surface area contributed by atoms with Crippen molar-refractivity contribution in [3.63, 3.8) is 0 Å². The Morgan fingerprint density at radius 1 is 1.38 bits per heavy atom. The van der Waals surface area contributed by atoms with Gasteiger partial charge in [0.05, 0.1) is 12.2 Å². The zero-order valence-electron chi connectivity index (χ0n) is 12.6. The number of H-pyrrole nitrogens is 1. The van der Waals surface area contributed by atoms with Crippen molar-refractivity contribution in [3.8, 4) is 0 Å². The average molecular weight is 335 g/mol. The summed E-state index contributed by atoms with van der Waals surface area (Å²) in [7, 11) is 1.52. The van der Waals surface area contributed by atoms with Crippen molar-refractivity contribution >= 4 is 5.97 Å². The number of carbonyl (C=O) groups is 1. The molecule has 9 heteroatoms. The van der Waals surface area contributed by atoms with E-state index >= 15 is 0 Å². The molecule has 24 heavy (non-hydrogen) atoms. The van der Waals surface area contributed by atoms with Crippen molar-refractivity contribution in [3.05, 3.63) is 68.7 Å². The molecule has 0 radical (unpaired) electrons. The highest BCUT2D eigenvalue weighted by molar-refractivity contribution is 5.75. The smallest absolute Gasteiger partial charge is 0.359 e. The normalized spacial score (nSPS) is 24.2. The SMILES string of the molecule is CN1O[C@@](C(=O)O)(n2cc(F)c(=O)[nH]c2=O)C[C@H]1c1ccccc1. The number of nitrogens with zero attached hydrogens (tertiary/aromatic N) is 2. The Balaban J connectivity index is 2.12. The molecule has 2 aromatic rings. The highest BCUT2D eigenvalue weighted by Gasteiger charge is 2.53. The minimum atomic E-state index is -2.16. The van der Waals surface area contributed by atoms with Gasteiger partial charge in [0.25, 0.3) is 11.3 Å². The number of hydrogen-bond acceptors (Lipinski definition) is 5. The molecule has 8 nitrogen and oxygen atoms in total. The van der Waals surface area contributed by atoms with Crippen LogP contribution in [0.25, 0.3) is 0 Å². The van der Waals surface area contributed by atoms with Crippen LogP contribution in [0.15, 0.2) is 46.1 Å². The van der Waals surface area contributed by atoms with Crippen LogP contribution < -0.4 is 11.2 Å². The van der Waals surface area contributed by atoms with Crippen LogP contribution in [-0.4, -0.2) is 32.7 Å². The third kappa shape index (κ3) is 2.43. The van der Waals surface area contributed by atoms with Gasteiger partial charge in [-0.3, -0.25) is 19.2 Å². The number of aromatic amines is 1. The molecule has 0 bridgehead atoms. The van der Waals surface area contributed by atoms with Gasteiger partial charge in [-0.25, -0.2) is 9.59 Å². The van der Waals surface area contributed by atoms with E-state index in [4.69, 9.17) is 4.84 Å². The van der Waals surface area contributed by atoms with Gasteiger partial charge >= 0.3 is 11.7 Å². The van der Waals surface area contributed by atoms with E-state index in [1.165, 1.54) is 12.1 Å². The number of nitrogens with one attached hydrogen (secondary N) is 1. The molecule has 0 amide bonds. The lowest BCUT2D eigenvalue weighted by atomic mass is 9.98. The van der Waals surface area contributed by atoms with Crippen LogP contribution in [0.4, 0.5) is 4.39 Å². The molecule has 1 fully saturated rings. The summed E-state index contributed by atoms with van der Waals surface area (Å²) in [5.41, 5.74) is -3.66. The summed E-state index contributed by atoms with van der Waals surface area (Å²) < 4.78 is 14.2. The first-order chi connectivity index (χ1) is 11.3. The topological polar surface area (TPSA) is 105 Å². The molecule has 0 spiro atoms. The second-order valence-corrected chi connectivity index (χ2v) is 5.46. The number of carboxylic acids is 1. The van der Waals surface area contributed by atoms with Crippen molar-refractivity contribution < 1.29 is 19.1 Å². The lowest BCUT2D eigenvalue weighted by Crippen LogP contribution is -2.50. The predicted molar refractivity (Wildman–Crippen MR) is 79.5 cm³/mol. The quantitative estimate of drug-likeness (QED) is 0.842. The summed E-state index contributed by atoms with van der Waals surface area (Å²) >= 11 is 0. The highest BCUT2D eigenvalue weighted by Crippen LogP contribution is 2.41. The van der Waals surface area contributed by atoms with E-state index in [2.05, 4.69) is 0 Å². The summed E-state index contributed by atoms with van der Waals surface area (Å²) in [5.74, 6) is -2.74. The van der Waals surface area contributed by atoms with Crippen LogP contribution in [0.3, 0.4) is 0 Å². The van der Waals surface area contributed by atoms with E-state index in [1.54, 1.807) is 29.2 Å². The van der Waals surface area contributed by atoms with Gasteiger partial charge < -0.3 is 5.11 Å². The Morgan fingerprint density at radius 3 is 2.67 bits per heavy atom. The first-order valence-corrected chi connectivity index (χ1v) is 7.07. The van der Waals surface area contributed by atoms with Crippen LogP contribution in [0.2, 0.25) is 0 Å². The molecule has 126 valence electrons. The van der Waals surface area contributed by atoms with E-state index in [0.29, 0.717) is 10.8 Å². The number of aliphatic carboxylic acids is 1. The van der Waals surface area contributed by atoms with Crippen molar-refractivity contribution in [2.75, 3.05) is 7.05 Å². The maximum Gasteiger partial charge on any atom is 0.359 e. The average Bonchev–Trinajstić information content (AvgIpc) is 2.90. The van der Waals surface area contributed by atoms with Crippen molar-refractivity contribution in [1.82, 2.24) is 14.6 Å². The fraction of sp³-hybridized carbons (Fsp3) is 0.267. The molecule has 2 atom stereocenters. The predicted octanol–water partition coefficient (Wildman–Crippen LogP) is 0.421. The molecule has 1 saturated heterocycles. The van der Waals surface area contributed by atoms with E-state index in [1.807, 2.05) is 6.07 Å². The van der Waals surface area contributed by atoms with Crippen molar-refractivity contribution in [2.45, 2.75) is 18.2 Å². The number of benzene rings is 1. The maximum atomic E-state index is 13.6. The van der Waals surface area contributed by atoms with Crippen molar-refractivity contribution in [1.29, 1.82) is 0 Å². The van der Waals surface area contributed by atoms with E-state index < -0.39 is 34.8 Å². The summed E-state index contributed by atoms with van der Waals surface area (Å²) in [6.07, 6.45) is 0.407. The molecule has 1 aromatic heterocycles. The Labute approximate surface area is 134 Å². The van der Waals surface area contributed by atoms with Crippen LogP contribution in [0, 0.1) is 5.82 Å². The Kier molecular flexibility index (Phi) is 3.82. The highest BCUT2D eigenvalue weighted by atomic mass is 19.1. The van der Waals surface area contributed by atoms with Crippen molar-refractivity contribution in [2.24, 2.45) is 0 Å². The first kappa shape index (κ1) is 16.1. The lowest BCUT2D eigenvalue weighted by Gasteiger charge is -2.25. The first-order valence-electron chi connectivity index (χ1n) is 7.07. The summed E-state index contributed by atoms with van der Waals surface area (Å²) in [5, 5.41) is 11.0. The fourth-order valence-corrected chi connectivity index (χ4v) is 2.82. The summed E-state index contributed by atoms with van der Waals surface area (Å²) in [6.45, 7) is 0. The molecule has 3 rings (SSSR count). The third-order valence-electron chi connectivity index (χ3n) is 4.01. The zero-order chi connectivity index (χ0) is 17.5. The van der Waals surface area contributed by atoms with Gasteiger partial charge in [-0.2, -0.15) is 9.45 Å². The molecular weight excluding hydrogens is 321 g/mol. The van der Waals surface area contributed by atoms with Gasteiger partial charge in [-0.05, 0) is 5.56 Å². The molecule has 2 heterocycles. The van der Waals surface area contributed by atoms with Gasteiger partial charge in [0.2, 0.25) is 5.82 Å². The Bertz CT molecular complexity index is 894. The van der Waals surface area contributed by atoms with E-state index in [0.717, 1.165) is 5.56 Å². The molecule has 2 N–H and O–H groups in total. The number of carboxylic acid groups (broad SMARTS) is 1. The van der Waals surface area contributed by atoms with E-state index in [9.17, 15) is 23.9 Å². The molecular formula is C15H14FN3O5. The molecule has 1 aromatic carbocycles. The molecule has 0 unspecified atom stereocenters. The van der Waals surface area contributed by atoms with Crippen LogP contribution in [0.5, 0.6) is 0 Å². The monoisotopic (exact) mass is 335 g/mol. The summed E-state index contributed by atoms with van der Waals surface area (Å²) in [6, 6.07) is 8.50. The number of hydroxylamine groups is 2. The Hall–Kier alpha value is -2.78. The van der Waals surface area contributed by atoms with Gasteiger partial charge in [0, 0.05) is 13.5 Å². The van der Waals surface area contributed by atoms with Gasteiger partial charge in [0.1, 0.15) is 0 Å². The number of rotatable bonds is 3. The third-order valence-corrected chi connectivity index (χ3v) is 4.01. The van der Waals surface area contributed by atoms with Gasteiger partial charge in [-0.15, -0.1) is 0 Å². The molecule has 1 aliphatic heterocycles. The number of aromatic nitrogens is 2. The molecule has 0 saturated carbocycles.